The molecule has 0 aliphatic heterocycles. The maximum absolute atomic E-state index is 13.1. The van der Waals surface area contributed by atoms with E-state index in [1.54, 1.807) is 7.11 Å². The zero-order valence-electron chi connectivity index (χ0n) is 17.5. The number of ether oxygens (including phenoxy) is 1. The molecule has 4 rings (SSSR count). The molecule has 1 fully saturated rings. The van der Waals surface area contributed by atoms with E-state index in [0.717, 1.165) is 65.2 Å². The molecule has 154 valence electrons. The summed E-state index contributed by atoms with van der Waals surface area (Å²) in [6.45, 7) is 5.45. The first-order chi connectivity index (χ1) is 14.1. The van der Waals surface area contributed by atoms with E-state index in [1.165, 1.54) is 6.42 Å². The van der Waals surface area contributed by atoms with Gasteiger partial charge in [-0.3, -0.25) is 4.79 Å². The lowest BCUT2D eigenvalue weighted by Gasteiger charge is -2.22. The summed E-state index contributed by atoms with van der Waals surface area (Å²) >= 11 is 0. The average molecular weight is 395 g/mol. The summed E-state index contributed by atoms with van der Waals surface area (Å²) in [5.74, 6) is 1.84. The number of H-pyrrole nitrogens is 1. The summed E-state index contributed by atoms with van der Waals surface area (Å²) in [5.41, 5.74) is 5.14. The van der Waals surface area contributed by atoms with Gasteiger partial charge >= 0.3 is 0 Å². The van der Waals surface area contributed by atoms with Gasteiger partial charge in [0.05, 0.1) is 23.2 Å². The Hall–Kier alpha value is -2.60. The van der Waals surface area contributed by atoms with Crippen LogP contribution in [-0.4, -0.2) is 34.2 Å². The molecule has 0 bridgehead atoms. The van der Waals surface area contributed by atoms with Crippen molar-refractivity contribution in [2.24, 2.45) is 5.92 Å². The van der Waals surface area contributed by atoms with Crippen LogP contribution in [0.2, 0.25) is 0 Å². The van der Waals surface area contributed by atoms with Gasteiger partial charge in [0, 0.05) is 25.3 Å². The summed E-state index contributed by atoms with van der Waals surface area (Å²) in [5, 5.41) is 3.27. The second-order valence-electron chi connectivity index (χ2n) is 8.01. The van der Waals surface area contributed by atoms with Crippen LogP contribution in [0.15, 0.2) is 24.3 Å². The van der Waals surface area contributed by atoms with Crippen LogP contribution in [0.3, 0.4) is 0 Å². The molecule has 1 saturated carbocycles. The van der Waals surface area contributed by atoms with E-state index in [1.807, 2.05) is 24.3 Å². The van der Waals surface area contributed by atoms with Crippen molar-refractivity contribution in [3.05, 3.63) is 35.5 Å². The number of hydrogen-bond donors (Lipinski definition) is 2. The third kappa shape index (κ3) is 3.81. The van der Waals surface area contributed by atoms with Crippen LogP contribution in [0.5, 0.6) is 0 Å². The minimum atomic E-state index is 0.0960. The van der Waals surface area contributed by atoms with Crippen LogP contribution in [0, 0.1) is 19.8 Å². The highest BCUT2D eigenvalue weighted by Gasteiger charge is 2.27. The van der Waals surface area contributed by atoms with Crippen molar-refractivity contribution in [3.8, 4) is 11.4 Å². The van der Waals surface area contributed by atoms with Crippen molar-refractivity contribution in [1.82, 2.24) is 14.5 Å². The van der Waals surface area contributed by atoms with Crippen LogP contribution >= 0.6 is 0 Å². The first-order valence-electron chi connectivity index (χ1n) is 10.5. The molecule has 0 radical (unpaired) electrons. The van der Waals surface area contributed by atoms with Gasteiger partial charge in [-0.2, -0.15) is 0 Å². The van der Waals surface area contributed by atoms with E-state index >= 15 is 0 Å². The fourth-order valence-electron chi connectivity index (χ4n) is 4.40. The molecule has 1 aliphatic rings. The molecular weight excluding hydrogens is 364 g/mol. The molecule has 2 N–H and O–H groups in total. The van der Waals surface area contributed by atoms with Crippen molar-refractivity contribution >= 4 is 22.8 Å². The minimum Gasteiger partial charge on any atom is -0.383 e. The van der Waals surface area contributed by atoms with Gasteiger partial charge in [-0.05, 0) is 44.4 Å². The van der Waals surface area contributed by atoms with Crippen LogP contribution in [0.1, 0.15) is 43.4 Å². The molecule has 6 nitrogen and oxygen atoms in total. The van der Waals surface area contributed by atoms with Crippen LogP contribution in [-0.2, 0) is 16.1 Å². The Morgan fingerprint density at radius 3 is 2.72 bits per heavy atom. The minimum absolute atomic E-state index is 0.0960. The van der Waals surface area contributed by atoms with Crippen molar-refractivity contribution in [3.63, 3.8) is 0 Å². The summed E-state index contributed by atoms with van der Waals surface area (Å²) < 4.78 is 7.48. The molecule has 6 heteroatoms. The Balaban J connectivity index is 1.77. The highest BCUT2D eigenvalue weighted by atomic mass is 16.5. The van der Waals surface area contributed by atoms with Crippen molar-refractivity contribution < 1.29 is 9.53 Å². The average Bonchev–Trinajstić information content (AvgIpc) is 3.26. The topological polar surface area (TPSA) is 71.9 Å². The third-order valence-corrected chi connectivity index (χ3v) is 6.19. The number of carbonyl (C=O) groups excluding carboxylic acids is 1. The number of amides is 1. The van der Waals surface area contributed by atoms with E-state index in [2.05, 4.69) is 28.7 Å². The van der Waals surface area contributed by atoms with Crippen LogP contribution in [0.25, 0.3) is 22.4 Å². The molecule has 0 saturated heterocycles. The molecule has 29 heavy (non-hydrogen) atoms. The number of methoxy groups -OCH3 is 1. The lowest BCUT2D eigenvalue weighted by Crippen LogP contribution is -2.26. The summed E-state index contributed by atoms with van der Waals surface area (Å²) in [4.78, 5) is 21.3. The molecule has 2 heterocycles. The molecule has 0 unspecified atom stereocenters. The van der Waals surface area contributed by atoms with Crippen molar-refractivity contribution in [2.45, 2.75) is 52.5 Å². The number of fused-ring (bicyclic) bond motifs is 1. The number of carbonyl (C=O) groups is 1. The standard InChI is InChI=1S/C23H30N4O2/c1-15-16(2)27(13-14-29-3)22(26-23(28)17-9-5-4-6-10-17)20(15)21-24-18-11-7-8-12-19(18)25-21/h7-8,11-12,17H,4-6,9-10,13-14H2,1-3H3,(H,24,25)(H,26,28). The highest BCUT2D eigenvalue weighted by molar-refractivity contribution is 5.97. The summed E-state index contributed by atoms with van der Waals surface area (Å²) in [6.07, 6.45) is 5.45. The lowest BCUT2D eigenvalue weighted by atomic mass is 9.88. The molecular formula is C23H30N4O2. The summed E-state index contributed by atoms with van der Waals surface area (Å²) in [6, 6.07) is 8.01. The van der Waals surface area contributed by atoms with Gasteiger partial charge in [0.1, 0.15) is 11.6 Å². The van der Waals surface area contributed by atoms with Gasteiger partial charge in [-0.25, -0.2) is 4.98 Å². The van der Waals surface area contributed by atoms with Gasteiger partial charge in [0.15, 0.2) is 0 Å². The summed E-state index contributed by atoms with van der Waals surface area (Å²) in [7, 11) is 1.70. The molecule has 1 aliphatic carbocycles. The number of nitrogens with zero attached hydrogens (tertiary/aromatic N) is 2. The molecule has 1 amide bonds. The maximum Gasteiger partial charge on any atom is 0.228 e. The zero-order valence-corrected chi connectivity index (χ0v) is 17.5. The molecule has 0 atom stereocenters. The number of aromatic nitrogens is 3. The normalized spacial score (nSPS) is 15.1. The van der Waals surface area contributed by atoms with E-state index in [4.69, 9.17) is 9.72 Å². The molecule has 2 aromatic heterocycles. The Morgan fingerprint density at radius 2 is 2.00 bits per heavy atom. The SMILES string of the molecule is COCCn1c(C)c(C)c(-c2nc3ccccc3[nH]2)c1NC(=O)C1CCCCC1. The fraction of sp³-hybridized carbons (Fsp3) is 0.478. The van der Waals surface area contributed by atoms with Crippen molar-refractivity contribution in [1.29, 1.82) is 0 Å². The van der Waals surface area contributed by atoms with E-state index < -0.39 is 0 Å². The number of imidazole rings is 1. The number of anilines is 1. The van der Waals surface area contributed by atoms with Crippen LogP contribution in [0.4, 0.5) is 5.82 Å². The largest absolute Gasteiger partial charge is 0.383 e. The number of para-hydroxylation sites is 2. The van der Waals surface area contributed by atoms with Gasteiger partial charge in [-0.15, -0.1) is 0 Å². The zero-order chi connectivity index (χ0) is 20.4. The number of benzene rings is 1. The number of hydrogen-bond acceptors (Lipinski definition) is 3. The maximum atomic E-state index is 13.1. The quantitative estimate of drug-likeness (QED) is 0.630. The first-order valence-corrected chi connectivity index (χ1v) is 10.5. The predicted octanol–water partition coefficient (Wildman–Crippen LogP) is 4.81. The van der Waals surface area contributed by atoms with Gasteiger partial charge in [0.2, 0.25) is 5.91 Å². The molecule has 3 aromatic rings. The number of nitrogens with one attached hydrogen (secondary N) is 2. The Morgan fingerprint density at radius 1 is 1.24 bits per heavy atom. The molecule has 0 spiro atoms. The van der Waals surface area contributed by atoms with Crippen LogP contribution < -0.4 is 5.32 Å². The van der Waals surface area contributed by atoms with Gasteiger partial charge < -0.3 is 19.6 Å². The van der Waals surface area contributed by atoms with Crippen molar-refractivity contribution in [2.75, 3.05) is 19.0 Å². The Kier molecular flexibility index (Phi) is 5.72. The Bertz CT molecular complexity index is 978. The first kappa shape index (κ1) is 19.7. The highest BCUT2D eigenvalue weighted by Crippen LogP contribution is 2.36. The molecule has 1 aromatic carbocycles. The second kappa shape index (κ2) is 8.41. The lowest BCUT2D eigenvalue weighted by molar-refractivity contribution is -0.120. The third-order valence-electron chi connectivity index (χ3n) is 6.19. The van der Waals surface area contributed by atoms with Gasteiger partial charge in [-0.1, -0.05) is 31.4 Å². The van der Waals surface area contributed by atoms with E-state index in [9.17, 15) is 4.79 Å². The number of aromatic amines is 1. The van der Waals surface area contributed by atoms with Gasteiger partial charge in [0.25, 0.3) is 0 Å². The number of rotatable bonds is 6. The second-order valence-corrected chi connectivity index (χ2v) is 8.01. The fourth-order valence-corrected chi connectivity index (χ4v) is 4.40. The van der Waals surface area contributed by atoms with E-state index in [-0.39, 0.29) is 11.8 Å². The van der Waals surface area contributed by atoms with E-state index in [0.29, 0.717) is 13.2 Å². The Labute approximate surface area is 171 Å². The smallest absolute Gasteiger partial charge is 0.228 e. The predicted molar refractivity (Wildman–Crippen MR) is 116 cm³/mol. The monoisotopic (exact) mass is 394 g/mol.